The second kappa shape index (κ2) is 8.20. The number of nitrogens with one attached hydrogen (secondary N) is 1. The Morgan fingerprint density at radius 2 is 2.06 bits per heavy atom. The number of rotatable bonds is 6. The summed E-state index contributed by atoms with van der Waals surface area (Å²) in [5.41, 5.74) is 1.49. The molecule has 10 heteroatoms. The number of piperidine rings is 1. The van der Waals surface area contributed by atoms with E-state index in [0.717, 1.165) is 35.9 Å². The van der Waals surface area contributed by atoms with Gasteiger partial charge in [0.1, 0.15) is 5.82 Å². The summed E-state index contributed by atoms with van der Waals surface area (Å²) in [6, 6.07) is 4.29. The normalized spacial score (nSPS) is 23.6. The number of halogens is 2. The van der Waals surface area contributed by atoms with E-state index in [9.17, 15) is 17.6 Å². The summed E-state index contributed by atoms with van der Waals surface area (Å²) in [6.07, 6.45) is 6.68. The minimum absolute atomic E-state index is 0.0203. The van der Waals surface area contributed by atoms with Gasteiger partial charge in [-0.05, 0) is 36.8 Å². The van der Waals surface area contributed by atoms with Crippen molar-refractivity contribution in [2.45, 2.75) is 25.4 Å². The lowest BCUT2D eigenvalue weighted by atomic mass is 10.0. The van der Waals surface area contributed by atoms with Gasteiger partial charge < -0.3 is 10.2 Å². The molecule has 0 spiro atoms. The van der Waals surface area contributed by atoms with Gasteiger partial charge >= 0.3 is 0 Å². The van der Waals surface area contributed by atoms with E-state index in [1.54, 1.807) is 25.4 Å². The van der Waals surface area contributed by atoms with Crippen molar-refractivity contribution >= 4 is 33.0 Å². The Morgan fingerprint density at radius 3 is 2.74 bits per heavy atom. The van der Waals surface area contributed by atoms with Crippen LogP contribution in [0.2, 0.25) is 5.02 Å². The van der Waals surface area contributed by atoms with E-state index in [4.69, 9.17) is 11.6 Å². The first-order valence-corrected chi connectivity index (χ1v) is 12.2. The predicted octanol–water partition coefficient (Wildman–Crippen LogP) is 3.14. The third kappa shape index (κ3) is 4.72. The van der Waals surface area contributed by atoms with Crippen molar-refractivity contribution < 1.29 is 17.6 Å². The molecule has 1 aromatic heterocycles. The molecule has 164 valence electrons. The maximum Gasteiger partial charge on any atom is 0.289 e. The van der Waals surface area contributed by atoms with E-state index in [0.29, 0.717) is 11.8 Å². The highest BCUT2D eigenvalue weighted by Gasteiger charge is 2.53. The van der Waals surface area contributed by atoms with Gasteiger partial charge in [-0.15, -0.1) is 0 Å². The number of amides is 1. The highest BCUT2D eigenvalue weighted by Crippen LogP contribution is 2.58. The Balaban J connectivity index is 1.49. The van der Waals surface area contributed by atoms with Crippen molar-refractivity contribution in [3.63, 3.8) is 0 Å². The minimum atomic E-state index is -3.27. The number of carbonyl (C=O) groups excluding carboxylic acids is 1. The first-order chi connectivity index (χ1) is 14.6. The molecule has 2 aliphatic rings. The van der Waals surface area contributed by atoms with E-state index in [2.05, 4.69) is 20.2 Å². The van der Waals surface area contributed by atoms with Crippen LogP contribution in [0.1, 0.15) is 35.6 Å². The van der Waals surface area contributed by atoms with Gasteiger partial charge in [-0.25, -0.2) is 22.8 Å². The van der Waals surface area contributed by atoms with Crippen LogP contribution >= 0.6 is 11.6 Å². The molecule has 0 unspecified atom stereocenters. The summed E-state index contributed by atoms with van der Waals surface area (Å²) >= 11 is 6.25. The lowest BCUT2D eigenvalue weighted by Crippen LogP contribution is -2.33. The zero-order valence-electron chi connectivity index (χ0n) is 17.0. The fourth-order valence-electron chi connectivity index (χ4n) is 4.05. The zero-order valence-corrected chi connectivity index (χ0v) is 18.6. The second-order valence-corrected chi connectivity index (χ2v) is 10.4. The third-order valence-electron chi connectivity index (χ3n) is 5.60. The molecule has 2 heterocycles. The molecule has 1 aliphatic carbocycles. The first kappa shape index (κ1) is 21.7. The van der Waals surface area contributed by atoms with Crippen molar-refractivity contribution in [3.05, 3.63) is 64.3 Å². The highest BCUT2D eigenvalue weighted by molar-refractivity contribution is 7.93. The number of benzene rings is 1. The first-order valence-electron chi connectivity index (χ1n) is 9.86. The lowest BCUT2D eigenvalue weighted by Gasteiger charge is -2.30. The fraction of sp³-hybridized carbons (Fsp3) is 0.381. The summed E-state index contributed by atoms with van der Waals surface area (Å²) in [5, 5.41) is 3.81. The van der Waals surface area contributed by atoms with Crippen LogP contribution in [-0.4, -0.2) is 43.1 Å². The Bertz CT molecular complexity index is 1140. The van der Waals surface area contributed by atoms with E-state index < -0.39 is 27.6 Å². The molecule has 7 nitrogen and oxygen atoms in total. The largest absolute Gasteiger partial charge is 0.361 e. The second-order valence-electron chi connectivity index (χ2n) is 8.08. The van der Waals surface area contributed by atoms with Crippen LogP contribution in [0.3, 0.4) is 0 Å². The molecule has 0 bridgehead atoms. The molecule has 1 saturated heterocycles. The van der Waals surface area contributed by atoms with Crippen molar-refractivity contribution in [2.24, 2.45) is 11.8 Å². The van der Waals surface area contributed by atoms with Crippen molar-refractivity contribution in [1.29, 1.82) is 0 Å². The quantitative estimate of drug-likeness (QED) is 0.706. The van der Waals surface area contributed by atoms with Gasteiger partial charge in [0.05, 0.1) is 29.1 Å². The van der Waals surface area contributed by atoms with Crippen LogP contribution < -0.4 is 10.2 Å². The molecule has 1 N–H and O–H groups in total. The maximum absolute atomic E-state index is 14.0. The lowest BCUT2D eigenvalue weighted by molar-refractivity contribution is 0.0936. The number of fused-ring (bicyclic) bond motifs is 1. The fourth-order valence-corrected chi connectivity index (χ4v) is 4.80. The molecule has 2 aromatic rings. The number of carbonyl (C=O) groups is 1. The molecular weight excluding hydrogens is 443 g/mol. The molecule has 2 fully saturated rings. The molecule has 0 radical (unpaired) electrons. The van der Waals surface area contributed by atoms with Gasteiger partial charge in [-0.3, -0.25) is 4.79 Å². The smallest absolute Gasteiger partial charge is 0.289 e. The molecule has 1 aliphatic heterocycles. The number of anilines is 1. The van der Waals surface area contributed by atoms with Crippen LogP contribution in [0.5, 0.6) is 0 Å². The Kier molecular flexibility index (Phi) is 5.74. The topological polar surface area (TPSA) is 92.3 Å². The number of hydrogen-bond acceptors (Lipinski definition) is 6. The molecule has 31 heavy (non-hydrogen) atoms. The van der Waals surface area contributed by atoms with Crippen LogP contribution in [0.4, 0.5) is 10.1 Å². The van der Waals surface area contributed by atoms with Crippen LogP contribution in [-0.2, 0) is 9.84 Å². The maximum atomic E-state index is 14.0. The van der Waals surface area contributed by atoms with E-state index in [-0.39, 0.29) is 16.9 Å². The SMILES string of the molecule is C[C@H](/C=C/S(C)(=O)=O)NC(=O)c1ncc(N2C[C@H]3C[C@H]3[C@H]2c2cccc(F)c2Cl)cn1. The van der Waals surface area contributed by atoms with Gasteiger partial charge in [-0.2, -0.15) is 0 Å². The van der Waals surface area contributed by atoms with Gasteiger partial charge in [0.25, 0.3) is 5.91 Å². The van der Waals surface area contributed by atoms with Crippen molar-refractivity contribution in [2.75, 3.05) is 17.7 Å². The summed E-state index contributed by atoms with van der Waals surface area (Å²) in [7, 11) is -3.27. The summed E-state index contributed by atoms with van der Waals surface area (Å²) in [4.78, 5) is 22.8. The zero-order chi connectivity index (χ0) is 22.3. The number of sulfone groups is 1. The molecule has 1 saturated carbocycles. The van der Waals surface area contributed by atoms with Crippen LogP contribution in [0.25, 0.3) is 0 Å². The minimum Gasteiger partial charge on any atom is -0.361 e. The van der Waals surface area contributed by atoms with Crippen molar-refractivity contribution in [1.82, 2.24) is 15.3 Å². The Morgan fingerprint density at radius 1 is 1.35 bits per heavy atom. The molecular formula is C21H22ClFN4O3S. The van der Waals surface area contributed by atoms with E-state index >= 15 is 0 Å². The molecule has 1 amide bonds. The average Bonchev–Trinajstić information content (AvgIpc) is 3.39. The van der Waals surface area contributed by atoms with Crippen LogP contribution in [0.15, 0.2) is 42.1 Å². The summed E-state index contributed by atoms with van der Waals surface area (Å²) < 4.78 is 36.4. The van der Waals surface area contributed by atoms with Gasteiger partial charge in [0, 0.05) is 24.3 Å². The summed E-state index contributed by atoms with van der Waals surface area (Å²) in [6.45, 7) is 2.45. The number of aromatic nitrogens is 2. The molecule has 1 aromatic carbocycles. The van der Waals surface area contributed by atoms with Gasteiger partial charge in [0.15, 0.2) is 9.84 Å². The van der Waals surface area contributed by atoms with Crippen LogP contribution in [0, 0.1) is 17.7 Å². The highest BCUT2D eigenvalue weighted by atomic mass is 35.5. The number of hydrogen-bond donors (Lipinski definition) is 1. The standard InChI is InChI=1S/C21H22ClFN4O3S/c1-12(6-7-31(2,29)30)26-21(28)20-24-9-14(10-25-20)27-11-13-8-16(13)19(27)15-4-3-5-17(23)18(15)22/h3-7,9-10,12-13,16,19H,8,11H2,1-2H3,(H,26,28)/b7-6+/t12-,13-,16-,19-/m1/s1. The number of nitrogens with zero attached hydrogens (tertiary/aromatic N) is 3. The van der Waals surface area contributed by atoms with Crippen molar-refractivity contribution in [3.8, 4) is 0 Å². The molecule has 4 atom stereocenters. The predicted molar refractivity (Wildman–Crippen MR) is 116 cm³/mol. The van der Waals surface area contributed by atoms with E-state index in [1.165, 1.54) is 12.1 Å². The Hall–Kier alpha value is -2.52. The monoisotopic (exact) mass is 464 g/mol. The summed E-state index contributed by atoms with van der Waals surface area (Å²) in [5.74, 6) is -0.0377. The Labute approximate surface area is 185 Å². The van der Waals surface area contributed by atoms with Gasteiger partial charge in [0.2, 0.25) is 5.82 Å². The molecule has 4 rings (SSSR count). The third-order valence-corrected chi connectivity index (χ3v) is 6.65. The average molecular weight is 465 g/mol. The van der Waals surface area contributed by atoms with E-state index in [1.807, 2.05) is 6.07 Å². The van der Waals surface area contributed by atoms with Gasteiger partial charge in [-0.1, -0.05) is 29.8 Å².